The Kier molecular flexibility index (Phi) is 8.74. The van der Waals surface area contributed by atoms with Crippen LogP contribution in [0.1, 0.15) is 85.5 Å². The lowest BCUT2D eigenvalue weighted by Crippen LogP contribution is -2.48. The van der Waals surface area contributed by atoms with Crippen molar-refractivity contribution < 1.29 is 24.2 Å². The number of hydrogen-bond acceptors (Lipinski definition) is 5. The number of carbonyl (C=O) groups is 3. The molecule has 234 valence electrons. The van der Waals surface area contributed by atoms with Crippen molar-refractivity contribution in [3.63, 3.8) is 0 Å². The molecule has 0 saturated heterocycles. The van der Waals surface area contributed by atoms with Gasteiger partial charge in [-0.05, 0) is 97.4 Å². The summed E-state index contributed by atoms with van der Waals surface area (Å²) in [4.78, 5) is 45.3. The molecule has 1 spiro atoms. The third-order valence-electron chi connectivity index (χ3n) is 9.50. The second-order valence-corrected chi connectivity index (χ2v) is 13.0. The summed E-state index contributed by atoms with van der Waals surface area (Å²) in [6.07, 6.45) is 4.64. The number of aliphatic imine (C=N–C) groups is 1. The number of rotatable bonds is 12. The van der Waals surface area contributed by atoms with Crippen LogP contribution in [0.3, 0.4) is 0 Å². The van der Waals surface area contributed by atoms with E-state index in [9.17, 15) is 14.4 Å². The van der Waals surface area contributed by atoms with E-state index >= 15 is 0 Å². The van der Waals surface area contributed by atoms with Crippen LogP contribution < -0.4 is 10.1 Å². The highest BCUT2D eigenvalue weighted by molar-refractivity contribution is 6.46. The van der Waals surface area contributed by atoms with Crippen LogP contribution >= 0.6 is 0 Å². The number of nitrogens with zero attached hydrogens (tertiary/aromatic N) is 2. The van der Waals surface area contributed by atoms with Crippen molar-refractivity contribution in [1.82, 2.24) is 10.2 Å². The third kappa shape index (κ3) is 6.65. The zero-order chi connectivity index (χ0) is 31.6. The number of amides is 2. The summed E-state index contributed by atoms with van der Waals surface area (Å²) in [5, 5.41) is 11.5. The van der Waals surface area contributed by atoms with E-state index in [1.807, 2.05) is 66.7 Å². The molecule has 3 atom stereocenters. The number of hydrogen-bond donors (Lipinski definition) is 2. The van der Waals surface area contributed by atoms with Gasteiger partial charge in [0.1, 0.15) is 23.7 Å². The zero-order valence-electron chi connectivity index (χ0n) is 25.9. The summed E-state index contributed by atoms with van der Waals surface area (Å²) in [5.41, 5.74) is 3.27. The van der Waals surface area contributed by atoms with Gasteiger partial charge in [-0.2, -0.15) is 0 Å². The Labute approximate surface area is 264 Å². The van der Waals surface area contributed by atoms with Gasteiger partial charge < -0.3 is 20.1 Å². The van der Waals surface area contributed by atoms with Gasteiger partial charge in [-0.3, -0.25) is 19.4 Å². The predicted molar refractivity (Wildman–Crippen MR) is 172 cm³/mol. The topological polar surface area (TPSA) is 108 Å². The third-order valence-corrected chi connectivity index (χ3v) is 9.50. The summed E-state index contributed by atoms with van der Waals surface area (Å²) in [7, 11) is 0. The van der Waals surface area contributed by atoms with Gasteiger partial charge in [0.05, 0.1) is 12.5 Å². The van der Waals surface area contributed by atoms with Crippen LogP contribution in [-0.4, -0.2) is 45.7 Å². The van der Waals surface area contributed by atoms with Crippen molar-refractivity contribution in [2.45, 2.75) is 70.7 Å². The largest absolute Gasteiger partial charge is 0.489 e. The van der Waals surface area contributed by atoms with Crippen LogP contribution in [0.5, 0.6) is 5.75 Å². The second kappa shape index (κ2) is 12.9. The van der Waals surface area contributed by atoms with Crippen LogP contribution in [0.4, 0.5) is 0 Å². The number of benzene rings is 3. The minimum Gasteiger partial charge on any atom is -0.489 e. The van der Waals surface area contributed by atoms with Gasteiger partial charge in [0.15, 0.2) is 0 Å². The summed E-state index contributed by atoms with van der Waals surface area (Å²) >= 11 is 0. The lowest BCUT2D eigenvalue weighted by molar-refractivity contribution is -0.137. The SMILES string of the molecule is CC(C)C1CCC2(C1)N=C(c1ccc(OCc3ccccc3)cc1)C(=O)N2[C@@H](c1ccc(C(=O)NCCC(=O)O)cc1)C1CC1. The molecular formula is C37H41N3O5. The van der Waals surface area contributed by atoms with Crippen LogP contribution in [0.15, 0.2) is 83.9 Å². The molecule has 8 nitrogen and oxygen atoms in total. The number of ether oxygens (including phenoxy) is 1. The average Bonchev–Trinajstić information content (AvgIpc) is 3.73. The van der Waals surface area contributed by atoms with E-state index in [-0.39, 0.29) is 30.8 Å². The molecule has 8 heteroatoms. The van der Waals surface area contributed by atoms with Crippen molar-refractivity contribution in [2.24, 2.45) is 22.7 Å². The maximum atomic E-state index is 14.5. The highest BCUT2D eigenvalue weighted by Crippen LogP contribution is 2.54. The molecule has 0 radical (unpaired) electrons. The lowest BCUT2D eigenvalue weighted by atomic mass is 9.91. The molecular weight excluding hydrogens is 566 g/mol. The molecule has 2 unspecified atom stereocenters. The van der Waals surface area contributed by atoms with Gasteiger partial charge in [0.2, 0.25) is 0 Å². The molecule has 45 heavy (non-hydrogen) atoms. The first-order valence-electron chi connectivity index (χ1n) is 16.0. The molecule has 0 bridgehead atoms. The molecule has 2 fully saturated rings. The molecule has 2 N–H and O–H groups in total. The molecule has 2 aliphatic carbocycles. The first kappa shape index (κ1) is 30.6. The van der Waals surface area contributed by atoms with Gasteiger partial charge >= 0.3 is 5.97 Å². The summed E-state index contributed by atoms with van der Waals surface area (Å²) in [5.74, 6) is 0.754. The quantitative estimate of drug-likeness (QED) is 0.248. The van der Waals surface area contributed by atoms with Gasteiger partial charge in [-0.25, -0.2) is 0 Å². The second-order valence-electron chi connectivity index (χ2n) is 13.0. The van der Waals surface area contributed by atoms with Gasteiger partial charge in [-0.15, -0.1) is 0 Å². The van der Waals surface area contributed by atoms with E-state index in [2.05, 4.69) is 24.1 Å². The zero-order valence-corrected chi connectivity index (χ0v) is 25.9. The molecule has 2 amide bonds. The maximum Gasteiger partial charge on any atom is 0.305 e. The molecule has 3 aromatic carbocycles. The van der Waals surface area contributed by atoms with Crippen LogP contribution in [0.25, 0.3) is 0 Å². The molecule has 1 aliphatic heterocycles. The molecule has 3 aromatic rings. The number of carboxylic acids is 1. The van der Waals surface area contributed by atoms with Gasteiger partial charge in [0, 0.05) is 17.7 Å². The van der Waals surface area contributed by atoms with E-state index in [1.54, 1.807) is 12.1 Å². The number of aliphatic carboxylic acids is 1. The van der Waals surface area contributed by atoms with Crippen molar-refractivity contribution in [2.75, 3.05) is 6.54 Å². The van der Waals surface area contributed by atoms with Crippen LogP contribution in [0.2, 0.25) is 0 Å². The number of carboxylic acid groups (broad SMARTS) is 1. The molecule has 3 aliphatic rings. The predicted octanol–water partition coefficient (Wildman–Crippen LogP) is 6.41. The molecule has 0 aromatic heterocycles. The normalized spacial score (nSPS) is 21.7. The van der Waals surface area contributed by atoms with Crippen molar-refractivity contribution in [1.29, 1.82) is 0 Å². The standard InChI is InChI=1S/C37H41N3O5/c1-24(2)30-18-20-37(22-30)39-33(26-14-16-31(17-15-26)45-23-25-6-4-3-5-7-25)36(44)40(37)34(27-8-9-27)28-10-12-29(13-11-28)35(43)38-21-19-32(41)42/h3-7,10-17,24,27,30,34H,8-9,18-23H2,1-2H3,(H,38,43)(H,41,42)/t30?,34-,37?/m1/s1. The first-order valence-corrected chi connectivity index (χ1v) is 16.0. The lowest BCUT2D eigenvalue weighted by Gasteiger charge is -2.40. The van der Waals surface area contributed by atoms with Crippen molar-refractivity contribution in [3.05, 3.63) is 101 Å². The summed E-state index contributed by atoms with van der Waals surface area (Å²) in [6, 6.07) is 25.0. The molecule has 6 rings (SSSR count). The Bertz CT molecular complexity index is 1560. The van der Waals surface area contributed by atoms with Crippen LogP contribution in [0, 0.1) is 17.8 Å². The van der Waals surface area contributed by atoms with E-state index < -0.39 is 11.6 Å². The minimum atomic E-state index is -0.956. The number of nitrogens with one attached hydrogen (secondary N) is 1. The molecule has 1 heterocycles. The average molecular weight is 608 g/mol. The Morgan fingerprint density at radius 3 is 2.31 bits per heavy atom. The van der Waals surface area contributed by atoms with E-state index in [0.29, 0.717) is 35.6 Å². The molecule has 2 saturated carbocycles. The number of carbonyl (C=O) groups excluding carboxylic acids is 2. The van der Waals surface area contributed by atoms with Crippen molar-refractivity contribution in [3.8, 4) is 5.75 Å². The maximum absolute atomic E-state index is 14.5. The van der Waals surface area contributed by atoms with Gasteiger partial charge in [-0.1, -0.05) is 56.3 Å². The van der Waals surface area contributed by atoms with Crippen LogP contribution in [-0.2, 0) is 16.2 Å². The Morgan fingerprint density at radius 2 is 1.69 bits per heavy atom. The highest BCUT2D eigenvalue weighted by Gasteiger charge is 2.56. The summed E-state index contributed by atoms with van der Waals surface area (Å²) < 4.78 is 6.00. The first-order chi connectivity index (χ1) is 21.7. The monoisotopic (exact) mass is 607 g/mol. The fourth-order valence-corrected chi connectivity index (χ4v) is 6.83. The van der Waals surface area contributed by atoms with Gasteiger partial charge in [0.25, 0.3) is 11.8 Å². The Hall–Kier alpha value is -4.46. The van der Waals surface area contributed by atoms with Crippen molar-refractivity contribution >= 4 is 23.5 Å². The Morgan fingerprint density at radius 1 is 0.978 bits per heavy atom. The minimum absolute atomic E-state index is 0.0373. The highest BCUT2D eigenvalue weighted by atomic mass is 16.5. The summed E-state index contributed by atoms with van der Waals surface area (Å²) in [6.45, 7) is 5.05. The van der Waals surface area contributed by atoms with E-state index in [0.717, 1.165) is 54.5 Å². The fourth-order valence-electron chi connectivity index (χ4n) is 6.83. The van der Waals surface area contributed by atoms with E-state index in [1.165, 1.54) is 0 Å². The Balaban J connectivity index is 1.26. The smallest absolute Gasteiger partial charge is 0.305 e. The fraction of sp³-hybridized carbons (Fsp3) is 0.405. The van der Waals surface area contributed by atoms with E-state index in [4.69, 9.17) is 14.8 Å².